The van der Waals surface area contributed by atoms with Gasteiger partial charge in [-0.1, -0.05) is 13.3 Å². The molecule has 0 fully saturated rings. The molecule has 1 heterocycles. The van der Waals surface area contributed by atoms with Crippen LogP contribution >= 0.6 is 0 Å². The molecule has 1 aromatic heterocycles. The highest BCUT2D eigenvalue weighted by atomic mass is 16.6. The lowest BCUT2D eigenvalue weighted by atomic mass is 10.3. The standard InChI is InChI=1S/C13H21N2O4/c1-4-6-9-19-13(17)11(12(16)18-5-2)15-8-7-14(3)10-15/h7-8,10-11H,4-6,9H2,1-3H3/q+1/t11-/m1/s1. The number of rotatable bonds is 7. The average Bonchev–Trinajstić information content (AvgIpc) is 2.76. The molecule has 6 heteroatoms. The Hall–Kier alpha value is -1.85. The predicted molar refractivity (Wildman–Crippen MR) is 67.1 cm³/mol. The van der Waals surface area contributed by atoms with Crippen LogP contribution < -0.4 is 4.57 Å². The largest absolute Gasteiger partial charge is 0.462 e. The molecule has 0 radical (unpaired) electrons. The molecular weight excluding hydrogens is 248 g/mol. The zero-order valence-electron chi connectivity index (χ0n) is 11.7. The summed E-state index contributed by atoms with van der Waals surface area (Å²) in [6.07, 6.45) is 6.73. The minimum Gasteiger partial charge on any atom is -0.462 e. The van der Waals surface area contributed by atoms with Crippen molar-refractivity contribution in [1.82, 2.24) is 4.57 Å². The molecule has 0 unspecified atom stereocenters. The second-order valence-electron chi connectivity index (χ2n) is 4.20. The Morgan fingerprint density at radius 3 is 2.47 bits per heavy atom. The van der Waals surface area contributed by atoms with Gasteiger partial charge in [0, 0.05) is 0 Å². The molecule has 1 rings (SSSR count). The molecule has 1 atom stereocenters. The first-order valence-corrected chi connectivity index (χ1v) is 6.46. The molecule has 0 N–H and O–H groups in total. The van der Waals surface area contributed by atoms with Gasteiger partial charge < -0.3 is 9.47 Å². The van der Waals surface area contributed by atoms with E-state index in [1.807, 2.05) is 6.92 Å². The van der Waals surface area contributed by atoms with Gasteiger partial charge in [-0.2, -0.15) is 0 Å². The van der Waals surface area contributed by atoms with E-state index in [1.54, 1.807) is 37.3 Å². The first-order valence-electron chi connectivity index (χ1n) is 6.46. The molecule has 0 aliphatic carbocycles. The van der Waals surface area contributed by atoms with Crippen molar-refractivity contribution in [3.8, 4) is 0 Å². The van der Waals surface area contributed by atoms with E-state index in [0.717, 1.165) is 12.8 Å². The SMILES string of the molecule is CCCCOC(=O)[C@@H](C(=O)OCC)n1cc[n+](C)c1. The minimum absolute atomic E-state index is 0.227. The van der Waals surface area contributed by atoms with Crippen LogP contribution in [0, 0.1) is 0 Å². The minimum atomic E-state index is -1.07. The lowest BCUT2D eigenvalue weighted by Crippen LogP contribution is -2.32. The van der Waals surface area contributed by atoms with Gasteiger partial charge >= 0.3 is 11.9 Å². The van der Waals surface area contributed by atoms with E-state index in [4.69, 9.17) is 9.47 Å². The van der Waals surface area contributed by atoms with E-state index in [-0.39, 0.29) is 6.61 Å². The van der Waals surface area contributed by atoms with Crippen molar-refractivity contribution in [2.24, 2.45) is 7.05 Å². The summed E-state index contributed by atoms with van der Waals surface area (Å²) < 4.78 is 13.3. The van der Waals surface area contributed by atoms with Crippen molar-refractivity contribution in [3.05, 3.63) is 18.7 Å². The Morgan fingerprint density at radius 1 is 1.26 bits per heavy atom. The Bertz CT molecular complexity index is 428. The van der Waals surface area contributed by atoms with Crippen molar-refractivity contribution in [3.63, 3.8) is 0 Å². The zero-order valence-corrected chi connectivity index (χ0v) is 11.7. The van der Waals surface area contributed by atoms with E-state index < -0.39 is 18.0 Å². The topological polar surface area (TPSA) is 61.4 Å². The highest BCUT2D eigenvalue weighted by Crippen LogP contribution is 2.11. The molecule has 0 aromatic carbocycles. The first-order chi connectivity index (χ1) is 9.10. The third kappa shape index (κ3) is 4.39. The molecule has 0 bridgehead atoms. The average molecular weight is 269 g/mol. The molecule has 0 saturated heterocycles. The van der Waals surface area contributed by atoms with Gasteiger partial charge in [0.2, 0.25) is 6.33 Å². The molecule has 0 aliphatic rings. The molecule has 0 aliphatic heterocycles. The summed E-state index contributed by atoms with van der Waals surface area (Å²) in [5.74, 6) is -1.18. The van der Waals surface area contributed by atoms with Crippen molar-refractivity contribution in [2.45, 2.75) is 32.7 Å². The Morgan fingerprint density at radius 2 is 1.95 bits per heavy atom. The van der Waals surface area contributed by atoms with Gasteiger partial charge in [0.15, 0.2) is 0 Å². The van der Waals surface area contributed by atoms with Crippen LogP contribution in [0.3, 0.4) is 0 Å². The van der Waals surface area contributed by atoms with Gasteiger partial charge in [-0.05, 0) is 13.3 Å². The van der Waals surface area contributed by atoms with E-state index in [1.165, 1.54) is 4.57 Å². The quantitative estimate of drug-likeness (QED) is 0.317. The van der Waals surface area contributed by atoms with Crippen LogP contribution in [0.4, 0.5) is 0 Å². The van der Waals surface area contributed by atoms with Crippen LogP contribution in [0.1, 0.15) is 32.7 Å². The monoisotopic (exact) mass is 269 g/mol. The molecule has 106 valence electrons. The Labute approximate surface area is 112 Å². The fraction of sp³-hybridized carbons (Fsp3) is 0.615. The normalized spacial score (nSPS) is 11.9. The highest BCUT2D eigenvalue weighted by Gasteiger charge is 2.35. The fourth-order valence-electron chi connectivity index (χ4n) is 1.58. The summed E-state index contributed by atoms with van der Waals surface area (Å²) in [5, 5.41) is 0. The van der Waals surface area contributed by atoms with Crippen molar-refractivity contribution in [2.75, 3.05) is 13.2 Å². The Kier molecular flexibility index (Phi) is 6.05. The summed E-state index contributed by atoms with van der Waals surface area (Å²) >= 11 is 0. The second-order valence-corrected chi connectivity index (χ2v) is 4.20. The summed E-state index contributed by atoms with van der Waals surface area (Å²) in [6.45, 7) is 4.25. The number of aryl methyl sites for hydroxylation is 1. The van der Waals surface area contributed by atoms with Crippen molar-refractivity contribution >= 4 is 11.9 Å². The summed E-state index contributed by atoms with van der Waals surface area (Å²) in [4.78, 5) is 23.9. The lowest BCUT2D eigenvalue weighted by molar-refractivity contribution is -0.671. The van der Waals surface area contributed by atoms with Crippen LogP contribution in [-0.4, -0.2) is 29.7 Å². The van der Waals surface area contributed by atoms with Gasteiger partial charge in [0.05, 0.1) is 20.3 Å². The van der Waals surface area contributed by atoms with Gasteiger partial charge in [-0.3, -0.25) is 0 Å². The van der Waals surface area contributed by atoms with Crippen LogP contribution in [0.2, 0.25) is 0 Å². The number of hydrogen-bond acceptors (Lipinski definition) is 4. The molecule has 6 nitrogen and oxygen atoms in total. The second kappa shape index (κ2) is 7.56. The van der Waals surface area contributed by atoms with Crippen LogP contribution in [0.5, 0.6) is 0 Å². The fourth-order valence-corrected chi connectivity index (χ4v) is 1.58. The third-order valence-corrected chi connectivity index (χ3v) is 2.56. The number of carbonyl (C=O) groups excluding carboxylic acids is 2. The molecular formula is C13H21N2O4+. The number of aromatic nitrogens is 2. The number of imidazole rings is 1. The van der Waals surface area contributed by atoms with Gasteiger partial charge in [0.1, 0.15) is 12.4 Å². The summed E-state index contributed by atoms with van der Waals surface area (Å²) in [5.41, 5.74) is 0. The van der Waals surface area contributed by atoms with E-state index in [0.29, 0.717) is 6.61 Å². The molecule has 1 aromatic rings. The van der Waals surface area contributed by atoms with Crippen molar-refractivity contribution in [1.29, 1.82) is 0 Å². The van der Waals surface area contributed by atoms with E-state index in [2.05, 4.69) is 0 Å². The predicted octanol–water partition coefficient (Wildman–Crippen LogP) is 0.760. The van der Waals surface area contributed by atoms with Crippen LogP contribution in [-0.2, 0) is 26.1 Å². The maximum absolute atomic E-state index is 12.0. The maximum Gasteiger partial charge on any atom is 0.363 e. The highest BCUT2D eigenvalue weighted by molar-refractivity contribution is 5.97. The summed E-state index contributed by atoms with van der Waals surface area (Å²) in [7, 11) is 1.81. The maximum atomic E-state index is 12.0. The molecule has 0 saturated carbocycles. The number of carbonyl (C=O) groups is 2. The zero-order chi connectivity index (χ0) is 14.3. The number of ether oxygens (including phenoxy) is 2. The van der Waals surface area contributed by atoms with E-state index >= 15 is 0 Å². The molecule has 0 amide bonds. The first kappa shape index (κ1) is 15.2. The number of nitrogens with zero attached hydrogens (tertiary/aromatic N) is 2. The Balaban J connectivity index is 2.80. The number of hydrogen-bond donors (Lipinski definition) is 0. The lowest BCUT2D eigenvalue weighted by Gasteiger charge is -2.11. The number of unbranched alkanes of at least 4 members (excludes halogenated alkanes) is 1. The molecule has 19 heavy (non-hydrogen) atoms. The molecule has 0 spiro atoms. The van der Waals surface area contributed by atoms with Crippen LogP contribution in [0.25, 0.3) is 0 Å². The van der Waals surface area contributed by atoms with Gasteiger partial charge in [-0.25, -0.2) is 18.7 Å². The summed E-state index contributed by atoms with van der Waals surface area (Å²) in [6, 6.07) is -1.07. The van der Waals surface area contributed by atoms with Gasteiger partial charge in [0.25, 0.3) is 6.04 Å². The van der Waals surface area contributed by atoms with E-state index in [9.17, 15) is 9.59 Å². The number of esters is 2. The smallest absolute Gasteiger partial charge is 0.363 e. The van der Waals surface area contributed by atoms with Gasteiger partial charge in [-0.15, -0.1) is 0 Å². The van der Waals surface area contributed by atoms with Crippen molar-refractivity contribution < 1.29 is 23.6 Å². The third-order valence-electron chi connectivity index (χ3n) is 2.56. The van der Waals surface area contributed by atoms with Crippen LogP contribution in [0.15, 0.2) is 18.7 Å².